The Kier molecular flexibility index (Phi) is 3.15. The maximum Gasteiger partial charge on any atom is 0.328 e. The summed E-state index contributed by atoms with van der Waals surface area (Å²) in [4.78, 5) is 14.0. The van der Waals surface area contributed by atoms with Crippen LogP contribution in [0.2, 0.25) is 0 Å². The quantitative estimate of drug-likeness (QED) is 0.313. The fourth-order valence-corrected chi connectivity index (χ4v) is 1.12. The first-order chi connectivity index (χ1) is 6.69. The van der Waals surface area contributed by atoms with Crippen LogP contribution in [-0.2, 0) is 0 Å². The Morgan fingerprint density at radius 2 is 2.29 bits per heavy atom. The second kappa shape index (κ2) is 4.35. The van der Waals surface area contributed by atoms with E-state index >= 15 is 0 Å². The molecule has 0 aromatic heterocycles. The van der Waals surface area contributed by atoms with Crippen LogP contribution in [0.25, 0.3) is 5.53 Å². The summed E-state index contributed by atoms with van der Waals surface area (Å²) in [6.07, 6.45) is 0.840. The molecular formula is C10H10N2O2. The van der Waals surface area contributed by atoms with Gasteiger partial charge in [-0.25, -0.2) is 0 Å². The van der Waals surface area contributed by atoms with Crippen LogP contribution in [-0.4, -0.2) is 23.9 Å². The van der Waals surface area contributed by atoms with Gasteiger partial charge in [0.25, 0.3) is 5.78 Å². The maximum absolute atomic E-state index is 11.3. The lowest BCUT2D eigenvalue weighted by Gasteiger charge is -2.04. The number of Topliss-reactive ketones (excluding diaryl/α,β-unsaturated/α-hetero) is 1. The largest absolute Gasteiger partial charge is 0.496 e. The van der Waals surface area contributed by atoms with Crippen molar-refractivity contribution in [1.82, 2.24) is 0 Å². The summed E-state index contributed by atoms with van der Waals surface area (Å²) in [5, 5.41) is 0. The molecule has 0 heterocycles. The first-order valence-electron chi connectivity index (χ1n) is 4.05. The van der Waals surface area contributed by atoms with Gasteiger partial charge >= 0.3 is 6.21 Å². The minimum atomic E-state index is -0.385. The molecule has 0 N–H and O–H groups in total. The van der Waals surface area contributed by atoms with Crippen molar-refractivity contribution in [2.45, 2.75) is 6.92 Å². The molecule has 4 nitrogen and oxygen atoms in total. The van der Waals surface area contributed by atoms with Gasteiger partial charge < -0.3 is 10.3 Å². The molecule has 4 heteroatoms. The van der Waals surface area contributed by atoms with Crippen LogP contribution in [0.1, 0.15) is 15.9 Å². The van der Waals surface area contributed by atoms with E-state index in [1.807, 2.05) is 6.92 Å². The number of aryl methyl sites for hydroxylation is 1. The summed E-state index contributed by atoms with van der Waals surface area (Å²) < 4.78 is 5.03. The highest BCUT2D eigenvalue weighted by atomic mass is 16.5. The molecule has 0 bridgehead atoms. The number of carbonyl (C=O) groups excluding carboxylic acids is 1. The fraction of sp³-hybridized carbons (Fsp3) is 0.200. The van der Waals surface area contributed by atoms with Crippen LogP contribution in [0, 0.1) is 6.92 Å². The first kappa shape index (κ1) is 10.2. The second-order valence-corrected chi connectivity index (χ2v) is 2.81. The summed E-state index contributed by atoms with van der Waals surface area (Å²) in [7, 11) is 1.49. The lowest BCUT2D eigenvalue weighted by atomic mass is 10.1. The number of ether oxygens (including phenoxy) is 1. The van der Waals surface area contributed by atoms with E-state index in [1.54, 1.807) is 18.2 Å². The number of nitrogens with zero attached hydrogens (tertiary/aromatic N) is 2. The lowest BCUT2D eigenvalue weighted by Crippen LogP contribution is -2.03. The highest BCUT2D eigenvalue weighted by molar-refractivity contribution is 6.34. The molecule has 0 radical (unpaired) electrons. The molecule has 1 rings (SSSR count). The van der Waals surface area contributed by atoms with Gasteiger partial charge in [0.15, 0.2) is 0 Å². The Morgan fingerprint density at radius 1 is 1.57 bits per heavy atom. The third-order valence-electron chi connectivity index (χ3n) is 1.80. The molecular weight excluding hydrogens is 180 g/mol. The van der Waals surface area contributed by atoms with Crippen LogP contribution in [0.3, 0.4) is 0 Å². The third-order valence-corrected chi connectivity index (χ3v) is 1.80. The number of ketones is 1. The van der Waals surface area contributed by atoms with E-state index in [2.05, 4.69) is 4.79 Å². The zero-order valence-electron chi connectivity index (χ0n) is 8.02. The predicted octanol–water partition coefficient (Wildman–Crippen LogP) is 1.49. The summed E-state index contributed by atoms with van der Waals surface area (Å²) >= 11 is 0. The second-order valence-electron chi connectivity index (χ2n) is 2.81. The summed E-state index contributed by atoms with van der Waals surface area (Å²) in [5.74, 6) is 0.0965. The van der Waals surface area contributed by atoms with Crippen molar-refractivity contribution in [3.05, 3.63) is 34.9 Å². The zero-order chi connectivity index (χ0) is 10.6. The van der Waals surface area contributed by atoms with Gasteiger partial charge in [0.05, 0.1) is 12.7 Å². The topological polar surface area (TPSA) is 62.7 Å². The predicted molar refractivity (Wildman–Crippen MR) is 51.7 cm³/mol. The number of hydrogen-bond acceptors (Lipinski definition) is 2. The smallest absolute Gasteiger partial charge is 0.328 e. The van der Waals surface area contributed by atoms with Gasteiger partial charge in [-0.05, 0) is 24.6 Å². The summed E-state index contributed by atoms with van der Waals surface area (Å²) in [5.41, 5.74) is 9.61. The van der Waals surface area contributed by atoms with Crippen molar-refractivity contribution in [2.75, 3.05) is 7.11 Å². The van der Waals surface area contributed by atoms with Crippen molar-refractivity contribution < 1.29 is 14.3 Å². The van der Waals surface area contributed by atoms with Crippen molar-refractivity contribution >= 4 is 12.0 Å². The van der Waals surface area contributed by atoms with E-state index in [9.17, 15) is 4.79 Å². The number of benzene rings is 1. The Hall–Kier alpha value is -1.93. The Morgan fingerprint density at radius 3 is 2.86 bits per heavy atom. The summed E-state index contributed by atoms with van der Waals surface area (Å²) in [6.45, 7) is 1.90. The van der Waals surface area contributed by atoms with Gasteiger partial charge in [-0.15, -0.1) is 0 Å². The molecule has 0 saturated carbocycles. The van der Waals surface area contributed by atoms with Gasteiger partial charge in [-0.2, -0.15) is 4.79 Å². The molecule has 0 spiro atoms. The molecule has 0 amide bonds. The minimum absolute atomic E-state index is 0.385. The van der Waals surface area contributed by atoms with Gasteiger partial charge in [0.2, 0.25) is 0 Å². The molecule has 14 heavy (non-hydrogen) atoms. The molecule has 0 aliphatic carbocycles. The SMILES string of the molecule is COc1cc(C)ccc1C(=O)C=[N+]=[N-]. The van der Waals surface area contributed by atoms with Crippen LogP contribution in [0.15, 0.2) is 18.2 Å². The molecule has 0 aliphatic heterocycles. The Labute approximate surface area is 81.7 Å². The van der Waals surface area contributed by atoms with Crippen LogP contribution >= 0.6 is 0 Å². The van der Waals surface area contributed by atoms with Crippen molar-refractivity contribution in [3.63, 3.8) is 0 Å². The number of hydrogen-bond donors (Lipinski definition) is 0. The van der Waals surface area contributed by atoms with Crippen LogP contribution in [0.5, 0.6) is 5.75 Å². The van der Waals surface area contributed by atoms with Gasteiger partial charge in [-0.1, -0.05) is 6.07 Å². The third kappa shape index (κ3) is 2.06. The van der Waals surface area contributed by atoms with E-state index in [0.29, 0.717) is 11.3 Å². The summed E-state index contributed by atoms with van der Waals surface area (Å²) in [6, 6.07) is 5.18. The molecule has 0 aliphatic rings. The lowest BCUT2D eigenvalue weighted by molar-refractivity contribution is 0.00232. The van der Waals surface area contributed by atoms with Gasteiger partial charge in [0.1, 0.15) is 5.75 Å². The Bertz CT molecular complexity index is 407. The molecule has 0 atom stereocenters. The minimum Gasteiger partial charge on any atom is -0.496 e. The molecule has 72 valence electrons. The van der Waals surface area contributed by atoms with Crippen molar-refractivity contribution in [1.29, 1.82) is 0 Å². The maximum atomic E-state index is 11.3. The number of carbonyl (C=O) groups is 1. The average molecular weight is 190 g/mol. The molecule has 0 unspecified atom stereocenters. The monoisotopic (exact) mass is 190 g/mol. The Balaban J connectivity index is 3.20. The number of rotatable bonds is 3. The first-order valence-corrected chi connectivity index (χ1v) is 4.05. The molecule has 1 aromatic rings. The standard InChI is InChI=1S/C10H10N2O2/c1-7-3-4-8(9(13)6-12-11)10(5-7)14-2/h3-6H,1-2H3. The highest BCUT2D eigenvalue weighted by Crippen LogP contribution is 2.19. The van der Waals surface area contributed by atoms with E-state index in [1.165, 1.54) is 7.11 Å². The normalized spacial score (nSPS) is 9.00. The van der Waals surface area contributed by atoms with Crippen LogP contribution in [0.4, 0.5) is 0 Å². The van der Waals surface area contributed by atoms with E-state index in [4.69, 9.17) is 10.3 Å². The highest BCUT2D eigenvalue weighted by Gasteiger charge is 2.12. The van der Waals surface area contributed by atoms with Crippen molar-refractivity contribution in [3.8, 4) is 5.75 Å². The van der Waals surface area contributed by atoms with Crippen LogP contribution < -0.4 is 4.74 Å². The van der Waals surface area contributed by atoms with Gasteiger partial charge in [0, 0.05) is 0 Å². The molecule has 1 aromatic carbocycles. The molecule has 0 fully saturated rings. The zero-order valence-corrected chi connectivity index (χ0v) is 8.02. The average Bonchev–Trinajstić information content (AvgIpc) is 2.17. The molecule has 0 saturated heterocycles. The number of methoxy groups -OCH3 is 1. The van der Waals surface area contributed by atoms with E-state index in [-0.39, 0.29) is 5.78 Å². The fourth-order valence-electron chi connectivity index (χ4n) is 1.12. The van der Waals surface area contributed by atoms with E-state index in [0.717, 1.165) is 11.8 Å². The van der Waals surface area contributed by atoms with Gasteiger partial charge in [-0.3, -0.25) is 4.79 Å². The van der Waals surface area contributed by atoms with E-state index < -0.39 is 0 Å². The van der Waals surface area contributed by atoms with Crippen molar-refractivity contribution in [2.24, 2.45) is 0 Å².